The van der Waals surface area contributed by atoms with Crippen LogP contribution in [0, 0.1) is 18.8 Å². The Morgan fingerprint density at radius 2 is 1.84 bits per heavy atom. The lowest BCUT2D eigenvalue weighted by Gasteiger charge is -2.22. The summed E-state index contributed by atoms with van der Waals surface area (Å²) in [6.07, 6.45) is 3.57. The monoisotopic (exact) mass is 338 g/mol. The Morgan fingerprint density at radius 1 is 1.08 bits per heavy atom. The molecule has 25 heavy (non-hydrogen) atoms. The fourth-order valence-corrected chi connectivity index (χ4v) is 4.08. The summed E-state index contributed by atoms with van der Waals surface area (Å²) in [5.41, 5.74) is 2.25. The molecular formula is C19H26N6. The van der Waals surface area contributed by atoms with Crippen molar-refractivity contribution in [3.63, 3.8) is 0 Å². The van der Waals surface area contributed by atoms with Gasteiger partial charge in [-0.25, -0.2) is 19.9 Å². The van der Waals surface area contributed by atoms with Crippen molar-refractivity contribution in [2.45, 2.75) is 33.2 Å². The van der Waals surface area contributed by atoms with Gasteiger partial charge in [0.2, 0.25) is 0 Å². The molecule has 6 heteroatoms. The van der Waals surface area contributed by atoms with E-state index in [-0.39, 0.29) is 0 Å². The fraction of sp³-hybridized carbons (Fsp3) is 0.579. The zero-order chi connectivity index (χ0) is 17.4. The highest BCUT2D eigenvalue weighted by molar-refractivity contribution is 5.41. The van der Waals surface area contributed by atoms with Crippen molar-refractivity contribution in [1.82, 2.24) is 24.8 Å². The third-order valence-corrected chi connectivity index (χ3v) is 5.37. The van der Waals surface area contributed by atoms with E-state index in [0.29, 0.717) is 5.92 Å². The average Bonchev–Trinajstić information content (AvgIpc) is 3.13. The predicted molar refractivity (Wildman–Crippen MR) is 97.4 cm³/mol. The van der Waals surface area contributed by atoms with Crippen molar-refractivity contribution < 1.29 is 0 Å². The molecule has 0 spiro atoms. The Labute approximate surface area is 149 Å². The first-order valence-electron chi connectivity index (χ1n) is 9.16. The van der Waals surface area contributed by atoms with Crippen molar-refractivity contribution in [1.29, 1.82) is 0 Å². The smallest absolute Gasteiger partial charge is 0.132 e. The molecule has 0 amide bonds. The molecule has 0 bridgehead atoms. The zero-order valence-corrected chi connectivity index (χ0v) is 15.3. The van der Waals surface area contributed by atoms with Crippen LogP contribution in [0.25, 0.3) is 0 Å². The van der Waals surface area contributed by atoms with E-state index in [0.717, 1.165) is 67.6 Å². The van der Waals surface area contributed by atoms with Crippen LogP contribution in [-0.4, -0.2) is 51.0 Å². The molecule has 6 nitrogen and oxygen atoms in total. The van der Waals surface area contributed by atoms with Gasteiger partial charge in [-0.15, -0.1) is 0 Å². The van der Waals surface area contributed by atoms with Crippen LogP contribution >= 0.6 is 0 Å². The Hall–Kier alpha value is -2.08. The summed E-state index contributed by atoms with van der Waals surface area (Å²) in [6, 6.07) is 4.19. The molecule has 4 rings (SSSR count). The summed E-state index contributed by atoms with van der Waals surface area (Å²) < 4.78 is 0. The van der Waals surface area contributed by atoms with Crippen molar-refractivity contribution in [3.05, 3.63) is 41.9 Å². The first-order chi connectivity index (χ1) is 12.1. The number of nitrogens with zero attached hydrogens (tertiary/aromatic N) is 6. The summed E-state index contributed by atoms with van der Waals surface area (Å²) in [5.74, 6) is 3.83. The van der Waals surface area contributed by atoms with E-state index in [2.05, 4.69) is 49.6 Å². The molecule has 2 saturated heterocycles. The highest BCUT2D eigenvalue weighted by atomic mass is 15.3. The summed E-state index contributed by atoms with van der Waals surface area (Å²) >= 11 is 0. The van der Waals surface area contributed by atoms with E-state index in [4.69, 9.17) is 0 Å². The second kappa shape index (κ2) is 6.67. The van der Waals surface area contributed by atoms with Gasteiger partial charge in [-0.05, 0) is 30.7 Å². The van der Waals surface area contributed by atoms with E-state index >= 15 is 0 Å². The predicted octanol–water partition coefficient (Wildman–Crippen LogP) is 2.27. The van der Waals surface area contributed by atoms with Crippen LogP contribution in [0.5, 0.6) is 0 Å². The van der Waals surface area contributed by atoms with Gasteiger partial charge in [-0.1, -0.05) is 13.8 Å². The number of fused-ring (bicyclic) bond motifs is 1. The number of aryl methyl sites for hydroxylation is 1. The van der Waals surface area contributed by atoms with Gasteiger partial charge in [-0.2, -0.15) is 0 Å². The standard InChI is InChI=1S/C19H26N6/c1-13(2)18-6-19(22-12-21-18)25-9-15-7-24(8-16(15)10-25)11-17-4-5-20-14(3)23-17/h4-6,12-13,15-16H,7-11H2,1-3H3. The summed E-state index contributed by atoms with van der Waals surface area (Å²) in [6.45, 7) is 11.7. The Bertz CT molecular complexity index is 732. The molecule has 2 atom stereocenters. The molecule has 0 saturated carbocycles. The SMILES string of the molecule is Cc1nccc(CN2CC3CN(c4cc(C(C)C)ncn4)CC3C2)n1. The maximum atomic E-state index is 4.54. The van der Waals surface area contributed by atoms with E-state index in [1.807, 2.05) is 19.2 Å². The fourth-order valence-electron chi connectivity index (χ4n) is 4.08. The van der Waals surface area contributed by atoms with E-state index in [1.165, 1.54) is 0 Å². The second-order valence-corrected chi connectivity index (χ2v) is 7.67. The Balaban J connectivity index is 1.38. The van der Waals surface area contributed by atoms with Gasteiger partial charge in [-0.3, -0.25) is 4.90 Å². The number of rotatable bonds is 4. The first kappa shape index (κ1) is 16.4. The van der Waals surface area contributed by atoms with Crippen molar-refractivity contribution in [2.75, 3.05) is 31.1 Å². The average molecular weight is 338 g/mol. The molecule has 0 aromatic carbocycles. The largest absolute Gasteiger partial charge is 0.356 e. The molecule has 2 aromatic rings. The molecule has 2 aliphatic heterocycles. The van der Waals surface area contributed by atoms with E-state index in [9.17, 15) is 0 Å². The summed E-state index contributed by atoms with van der Waals surface area (Å²) in [5, 5.41) is 0. The van der Waals surface area contributed by atoms with E-state index in [1.54, 1.807) is 6.33 Å². The minimum atomic E-state index is 0.440. The van der Waals surface area contributed by atoms with Gasteiger partial charge < -0.3 is 4.90 Å². The van der Waals surface area contributed by atoms with Crippen LogP contribution < -0.4 is 4.90 Å². The highest BCUT2D eigenvalue weighted by Gasteiger charge is 2.40. The molecule has 0 aliphatic carbocycles. The van der Waals surface area contributed by atoms with Gasteiger partial charge in [0.15, 0.2) is 0 Å². The molecule has 4 heterocycles. The number of likely N-dealkylation sites (tertiary alicyclic amines) is 1. The van der Waals surface area contributed by atoms with Crippen LogP contribution in [0.2, 0.25) is 0 Å². The summed E-state index contributed by atoms with van der Waals surface area (Å²) in [4.78, 5) is 22.6. The quantitative estimate of drug-likeness (QED) is 0.852. The van der Waals surface area contributed by atoms with Crippen LogP contribution in [0.4, 0.5) is 5.82 Å². The molecule has 2 aromatic heterocycles. The normalized spacial score (nSPS) is 23.4. The number of hydrogen-bond acceptors (Lipinski definition) is 6. The molecule has 132 valence electrons. The van der Waals surface area contributed by atoms with Gasteiger partial charge in [0.1, 0.15) is 18.0 Å². The molecule has 2 fully saturated rings. The van der Waals surface area contributed by atoms with Gasteiger partial charge in [0.25, 0.3) is 0 Å². The number of hydrogen-bond donors (Lipinski definition) is 0. The maximum absolute atomic E-state index is 4.54. The van der Waals surface area contributed by atoms with Crippen molar-refractivity contribution in [3.8, 4) is 0 Å². The van der Waals surface area contributed by atoms with Gasteiger partial charge in [0.05, 0.1) is 5.69 Å². The van der Waals surface area contributed by atoms with Crippen LogP contribution in [0.1, 0.15) is 37.0 Å². The minimum Gasteiger partial charge on any atom is -0.356 e. The maximum Gasteiger partial charge on any atom is 0.132 e. The third kappa shape index (κ3) is 3.49. The first-order valence-corrected chi connectivity index (χ1v) is 9.16. The molecular weight excluding hydrogens is 312 g/mol. The molecule has 0 radical (unpaired) electrons. The lowest BCUT2D eigenvalue weighted by atomic mass is 10.0. The lowest BCUT2D eigenvalue weighted by Crippen LogP contribution is -2.29. The molecule has 0 N–H and O–H groups in total. The second-order valence-electron chi connectivity index (χ2n) is 7.67. The molecule has 2 unspecified atom stereocenters. The van der Waals surface area contributed by atoms with Crippen LogP contribution in [-0.2, 0) is 6.54 Å². The third-order valence-electron chi connectivity index (χ3n) is 5.37. The lowest BCUT2D eigenvalue weighted by molar-refractivity contribution is 0.304. The highest BCUT2D eigenvalue weighted by Crippen LogP contribution is 2.34. The minimum absolute atomic E-state index is 0.440. The number of aromatic nitrogens is 4. The van der Waals surface area contributed by atoms with Crippen LogP contribution in [0.3, 0.4) is 0 Å². The summed E-state index contributed by atoms with van der Waals surface area (Å²) in [7, 11) is 0. The van der Waals surface area contributed by atoms with E-state index < -0.39 is 0 Å². The Kier molecular flexibility index (Phi) is 4.37. The van der Waals surface area contributed by atoms with Crippen LogP contribution in [0.15, 0.2) is 24.7 Å². The van der Waals surface area contributed by atoms with Crippen molar-refractivity contribution >= 4 is 5.82 Å². The number of anilines is 1. The topological polar surface area (TPSA) is 58.0 Å². The molecule has 2 aliphatic rings. The zero-order valence-electron chi connectivity index (χ0n) is 15.3. The van der Waals surface area contributed by atoms with Crippen molar-refractivity contribution in [2.24, 2.45) is 11.8 Å². The Morgan fingerprint density at radius 3 is 2.52 bits per heavy atom. The van der Waals surface area contributed by atoms with Gasteiger partial charge >= 0.3 is 0 Å². The van der Waals surface area contributed by atoms with Gasteiger partial charge in [0, 0.05) is 50.7 Å².